The molecule has 4 atom stereocenters. The van der Waals surface area contributed by atoms with Crippen LogP contribution in [0.4, 0.5) is 5.69 Å². The summed E-state index contributed by atoms with van der Waals surface area (Å²) in [6.45, 7) is 9.87. The lowest BCUT2D eigenvalue weighted by atomic mass is 9.71. The molecule has 4 rings (SSSR count). The van der Waals surface area contributed by atoms with E-state index in [1.807, 2.05) is 55.5 Å². The van der Waals surface area contributed by atoms with Crippen LogP contribution in [0.3, 0.4) is 0 Å². The molecule has 2 amide bonds. The number of hydrogen-bond donors (Lipinski definition) is 2. The first-order valence-corrected chi connectivity index (χ1v) is 13.7. The van der Waals surface area contributed by atoms with Gasteiger partial charge in [-0.05, 0) is 60.2 Å². The summed E-state index contributed by atoms with van der Waals surface area (Å²) >= 11 is 2.22. The molecule has 198 valence electrons. The third-order valence-electron chi connectivity index (χ3n) is 7.57. The standard InChI is InChI=1S/C29H35IN2O5/c1-5-13-32-23-12-11-21(30)16-22(23)29(27(32)35)19(2)26(28(3,4)36)24(37-29)17-25(34)31(14-15-33)18-20-9-7-6-8-10-20/h5-12,16,19,24,26,33,36H,1,13-15,17-18H2,2-4H3/t19-,24+,26-,29+/m1/s1. The van der Waals surface area contributed by atoms with Gasteiger partial charge in [-0.1, -0.05) is 43.3 Å². The van der Waals surface area contributed by atoms with Crippen LogP contribution in [0.25, 0.3) is 0 Å². The minimum absolute atomic E-state index is 0.0123. The van der Waals surface area contributed by atoms with E-state index in [1.165, 1.54) is 0 Å². The maximum Gasteiger partial charge on any atom is 0.264 e. The van der Waals surface area contributed by atoms with Crippen molar-refractivity contribution in [3.05, 3.63) is 75.9 Å². The van der Waals surface area contributed by atoms with Crippen molar-refractivity contribution in [1.82, 2.24) is 4.90 Å². The number of rotatable bonds is 9. The predicted molar refractivity (Wildman–Crippen MR) is 151 cm³/mol. The van der Waals surface area contributed by atoms with Gasteiger partial charge in [-0.25, -0.2) is 0 Å². The van der Waals surface area contributed by atoms with Crippen molar-refractivity contribution in [3.63, 3.8) is 0 Å². The molecule has 2 aliphatic heterocycles. The minimum atomic E-state index is -1.31. The lowest BCUT2D eigenvalue weighted by molar-refractivity contribution is -0.150. The Bertz CT molecular complexity index is 1160. The molecular weight excluding hydrogens is 583 g/mol. The fraction of sp³-hybridized carbons (Fsp3) is 0.448. The van der Waals surface area contributed by atoms with E-state index in [2.05, 4.69) is 29.2 Å². The monoisotopic (exact) mass is 618 g/mol. The molecule has 1 fully saturated rings. The molecule has 0 bridgehead atoms. The first-order valence-electron chi connectivity index (χ1n) is 12.6. The van der Waals surface area contributed by atoms with E-state index in [0.29, 0.717) is 13.1 Å². The Morgan fingerprint density at radius 1 is 1.27 bits per heavy atom. The molecule has 2 aliphatic rings. The summed E-state index contributed by atoms with van der Waals surface area (Å²) in [5.74, 6) is -1.28. The van der Waals surface area contributed by atoms with Crippen LogP contribution in [-0.2, 0) is 26.5 Å². The van der Waals surface area contributed by atoms with Gasteiger partial charge < -0.3 is 24.7 Å². The molecule has 2 aromatic rings. The van der Waals surface area contributed by atoms with Crippen molar-refractivity contribution in [2.75, 3.05) is 24.6 Å². The summed E-state index contributed by atoms with van der Waals surface area (Å²) in [7, 11) is 0. The lowest BCUT2D eigenvalue weighted by Crippen LogP contribution is -2.46. The van der Waals surface area contributed by atoms with Gasteiger partial charge in [0.1, 0.15) is 0 Å². The molecule has 7 nitrogen and oxygen atoms in total. The van der Waals surface area contributed by atoms with E-state index >= 15 is 0 Å². The molecule has 2 heterocycles. The quantitative estimate of drug-likeness (QED) is 0.330. The number of benzene rings is 2. The fourth-order valence-corrected chi connectivity index (χ4v) is 6.57. The van der Waals surface area contributed by atoms with Crippen molar-refractivity contribution >= 4 is 40.1 Å². The summed E-state index contributed by atoms with van der Waals surface area (Å²) in [6.07, 6.45) is 0.975. The molecular formula is C29H35IN2O5. The Labute approximate surface area is 232 Å². The van der Waals surface area contributed by atoms with Crippen molar-refractivity contribution in [1.29, 1.82) is 0 Å². The SMILES string of the molecule is C=CCN1C(=O)[C@@]2(O[C@@H](CC(=O)N(CCO)Cc3ccccc3)[C@H](C(C)(C)O)[C@H]2C)c2cc(I)ccc21. The second kappa shape index (κ2) is 10.8. The van der Waals surface area contributed by atoms with Crippen LogP contribution in [0.1, 0.15) is 38.3 Å². The third kappa shape index (κ3) is 5.08. The van der Waals surface area contributed by atoms with Gasteiger partial charge in [-0.2, -0.15) is 0 Å². The average Bonchev–Trinajstić information content (AvgIpc) is 3.26. The Balaban J connectivity index is 1.70. The number of aliphatic hydroxyl groups is 2. The molecule has 0 aliphatic carbocycles. The largest absolute Gasteiger partial charge is 0.395 e. The number of nitrogens with zero attached hydrogens (tertiary/aromatic N) is 2. The van der Waals surface area contributed by atoms with Crippen LogP contribution in [0.15, 0.2) is 61.2 Å². The molecule has 1 spiro atoms. The maximum atomic E-state index is 14.0. The second-order valence-electron chi connectivity index (χ2n) is 10.5. The maximum absolute atomic E-state index is 14.0. The predicted octanol–water partition coefficient (Wildman–Crippen LogP) is 3.85. The molecule has 0 radical (unpaired) electrons. The summed E-state index contributed by atoms with van der Waals surface area (Å²) in [4.78, 5) is 30.9. The number of amides is 2. The highest BCUT2D eigenvalue weighted by Gasteiger charge is 2.66. The molecule has 1 saturated heterocycles. The Kier molecular flexibility index (Phi) is 8.13. The Morgan fingerprint density at radius 3 is 2.59 bits per heavy atom. The van der Waals surface area contributed by atoms with Crippen molar-refractivity contribution in [2.24, 2.45) is 11.8 Å². The number of halogens is 1. The molecule has 8 heteroatoms. The van der Waals surface area contributed by atoms with Crippen LogP contribution < -0.4 is 4.90 Å². The molecule has 0 aromatic heterocycles. The van der Waals surface area contributed by atoms with E-state index in [-0.39, 0.29) is 31.4 Å². The van der Waals surface area contributed by atoms with E-state index in [9.17, 15) is 19.8 Å². The molecule has 2 aromatic carbocycles. The first kappa shape index (κ1) is 27.8. The van der Waals surface area contributed by atoms with Crippen LogP contribution in [-0.4, -0.2) is 58.3 Å². The number of hydrogen-bond acceptors (Lipinski definition) is 5. The number of anilines is 1. The van der Waals surface area contributed by atoms with Gasteiger partial charge in [0.25, 0.3) is 5.91 Å². The highest BCUT2D eigenvalue weighted by atomic mass is 127. The smallest absolute Gasteiger partial charge is 0.264 e. The molecule has 37 heavy (non-hydrogen) atoms. The van der Waals surface area contributed by atoms with E-state index in [4.69, 9.17) is 4.74 Å². The fourth-order valence-electron chi connectivity index (χ4n) is 6.08. The zero-order valence-electron chi connectivity index (χ0n) is 21.6. The number of carbonyl (C=O) groups excluding carboxylic acids is 2. The normalized spacial score (nSPS) is 25.0. The summed E-state index contributed by atoms with van der Waals surface area (Å²) in [5.41, 5.74) is -0.0289. The third-order valence-corrected chi connectivity index (χ3v) is 8.24. The van der Waals surface area contributed by atoms with Crippen molar-refractivity contribution < 1.29 is 24.5 Å². The van der Waals surface area contributed by atoms with Crippen molar-refractivity contribution in [3.8, 4) is 0 Å². The van der Waals surface area contributed by atoms with Gasteiger partial charge in [0.2, 0.25) is 5.91 Å². The van der Waals surface area contributed by atoms with Gasteiger partial charge in [0.15, 0.2) is 5.60 Å². The van der Waals surface area contributed by atoms with Crippen LogP contribution in [0.2, 0.25) is 0 Å². The van der Waals surface area contributed by atoms with Gasteiger partial charge in [-0.15, -0.1) is 6.58 Å². The number of fused-ring (bicyclic) bond motifs is 2. The number of ether oxygens (including phenoxy) is 1. The summed E-state index contributed by atoms with van der Waals surface area (Å²) in [6, 6.07) is 15.4. The highest BCUT2D eigenvalue weighted by Crippen LogP contribution is 2.57. The first-order chi connectivity index (χ1) is 17.5. The molecule has 2 N–H and O–H groups in total. The van der Waals surface area contributed by atoms with Gasteiger partial charge in [0, 0.05) is 40.6 Å². The topological polar surface area (TPSA) is 90.3 Å². The van der Waals surface area contributed by atoms with Crippen LogP contribution >= 0.6 is 22.6 Å². The number of aliphatic hydroxyl groups excluding tert-OH is 1. The van der Waals surface area contributed by atoms with Crippen LogP contribution in [0, 0.1) is 15.4 Å². The minimum Gasteiger partial charge on any atom is -0.395 e. The molecule has 0 unspecified atom stereocenters. The van der Waals surface area contributed by atoms with Gasteiger partial charge in [-0.3, -0.25) is 9.59 Å². The second-order valence-corrected chi connectivity index (χ2v) is 11.7. The molecule has 0 saturated carbocycles. The Hall–Kier alpha value is -2.27. The van der Waals surface area contributed by atoms with E-state index < -0.39 is 29.1 Å². The lowest BCUT2D eigenvalue weighted by Gasteiger charge is -2.34. The van der Waals surface area contributed by atoms with Crippen molar-refractivity contribution in [2.45, 2.75) is 51.0 Å². The highest BCUT2D eigenvalue weighted by molar-refractivity contribution is 14.1. The zero-order chi connectivity index (χ0) is 27.0. The average molecular weight is 619 g/mol. The Morgan fingerprint density at radius 2 is 1.97 bits per heavy atom. The summed E-state index contributed by atoms with van der Waals surface area (Å²) in [5, 5.41) is 20.9. The van der Waals surface area contributed by atoms with Crippen LogP contribution in [0.5, 0.6) is 0 Å². The van der Waals surface area contributed by atoms with E-state index in [1.54, 1.807) is 29.7 Å². The van der Waals surface area contributed by atoms with E-state index in [0.717, 1.165) is 20.4 Å². The number of carbonyl (C=O) groups is 2. The summed E-state index contributed by atoms with van der Waals surface area (Å²) < 4.78 is 7.65. The zero-order valence-corrected chi connectivity index (χ0v) is 23.7. The van der Waals surface area contributed by atoms with Gasteiger partial charge in [0.05, 0.1) is 30.4 Å². The van der Waals surface area contributed by atoms with Gasteiger partial charge >= 0.3 is 0 Å².